The third-order valence-corrected chi connectivity index (χ3v) is 7.66. The van der Waals surface area contributed by atoms with Gasteiger partial charge in [0.1, 0.15) is 0 Å². The van der Waals surface area contributed by atoms with Crippen molar-refractivity contribution in [1.29, 1.82) is 0 Å². The molecule has 2 saturated heterocycles. The summed E-state index contributed by atoms with van der Waals surface area (Å²) < 4.78 is 27.7. The van der Waals surface area contributed by atoms with Crippen LogP contribution in [0.15, 0.2) is 59.5 Å². The molecular formula is C24H29N3O4S. The van der Waals surface area contributed by atoms with Crippen LogP contribution < -0.4 is 4.72 Å². The van der Waals surface area contributed by atoms with Crippen LogP contribution in [0.25, 0.3) is 0 Å². The van der Waals surface area contributed by atoms with Crippen LogP contribution in [0.5, 0.6) is 0 Å². The third kappa shape index (κ3) is 5.30. The first-order valence-electron chi connectivity index (χ1n) is 11.2. The summed E-state index contributed by atoms with van der Waals surface area (Å²) in [5, 5.41) is 0. The normalized spacial score (nSPS) is 17.4. The molecule has 0 radical (unpaired) electrons. The monoisotopic (exact) mass is 455 g/mol. The molecule has 7 nitrogen and oxygen atoms in total. The number of carbonyl (C=O) groups is 2. The molecule has 0 atom stereocenters. The lowest BCUT2D eigenvalue weighted by molar-refractivity contribution is -0.131. The van der Waals surface area contributed by atoms with Gasteiger partial charge < -0.3 is 9.80 Å². The molecule has 2 heterocycles. The number of likely N-dealkylation sites (tertiary alicyclic amines) is 2. The Kier molecular flexibility index (Phi) is 6.79. The Labute approximate surface area is 189 Å². The number of anilines is 1. The highest BCUT2D eigenvalue weighted by Crippen LogP contribution is 2.24. The number of piperidine rings is 1. The number of hydrogen-bond donors (Lipinski definition) is 1. The van der Waals surface area contributed by atoms with Crippen LogP contribution in [0.4, 0.5) is 5.69 Å². The molecule has 0 spiro atoms. The third-order valence-electron chi connectivity index (χ3n) is 6.26. The van der Waals surface area contributed by atoms with Crippen molar-refractivity contribution in [1.82, 2.24) is 9.80 Å². The SMILES string of the molecule is O=C(CC1CCN(C(=O)c2ccc(S(=O)(=O)Nc3ccccc3)cc2)CC1)N1CCCC1. The quantitative estimate of drug-likeness (QED) is 0.724. The maximum Gasteiger partial charge on any atom is 0.261 e. The summed E-state index contributed by atoms with van der Waals surface area (Å²) in [6, 6.07) is 14.7. The molecule has 0 aliphatic carbocycles. The van der Waals surface area contributed by atoms with E-state index in [1.807, 2.05) is 11.0 Å². The summed E-state index contributed by atoms with van der Waals surface area (Å²) in [4.78, 5) is 29.1. The largest absolute Gasteiger partial charge is 0.343 e. The van der Waals surface area contributed by atoms with Crippen LogP contribution in [-0.2, 0) is 14.8 Å². The minimum Gasteiger partial charge on any atom is -0.343 e. The van der Waals surface area contributed by atoms with Crippen LogP contribution in [-0.4, -0.2) is 56.2 Å². The number of nitrogens with one attached hydrogen (secondary N) is 1. The fourth-order valence-electron chi connectivity index (χ4n) is 4.36. The number of para-hydroxylation sites is 1. The zero-order chi connectivity index (χ0) is 22.6. The van der Waals surface area contributed by atoms with Crippen LogP contribution in [0.3, 0.4) is 0 Å². The standard InChI is InChI=1S/C24H29N3O4S/c28-23(26-14-4-5-15-26)18-19-12-16-27(17-13-19)24(29)20-8-10-22(11-9-20)32(30,31)25-21-6-2-1-3-7-21/h1-3,6-11,19,25H,4-5,12-18H2. The van der Waals surface area contributed by atoms with E-state index in [4.69, 9.17) is 0 Å². The Morgan fingerprint density at radius 2 is 1.47 bits per heavy atom. The second kappa shape index (κ2) is 9.73. The van der Waals surface area contributed by atoms with Gasteiger partial charge in [-0.1, -0.05) is 18.2 Å². The molecule has 32 heavy (non-hydrogen) atoms. The summed E-state index contributed by atoms with van der Waals surface area (Å²) in [5.74, 6) is 0.464. The number of nitrogens with zero attached hydrogens (tertiary/aromatic N) is 2. The number of hydrogen-bond acceptors (Lipinski definition) is 4. The van der Waals surface area contributed by atoms with E-state index in [-0.39, 0.29) is 16.7 Å². The molecule has 2 aliphatic rings. The number of benzene rings is 2. The number of sulfonamides is 1. The first kappa shape index (κ1) is 22.3. The van der Waals surface area contributed by atoms with E-state index in [1.165, 1.54) is 12.1 Å². The van der Waals surface area contributed by atoms with Crippen molar-refractivity contribution in [2.24, 2.45) is 5.92 Å². The molecule has 0 saturated carbocycles. The van der Waals surface area contributed by atoms with Gasteiger partial charge in [0.05, 0.1) is 4.90 Å². The zero-order valence-electron chi connectivity index (χ0n) is 18.1. The summed E-state index contributed by atoms with van der Waals surface area (Å²) in [7, 11) is -3.72. The number of rotatable bonds is 6. The molecule has 1 N–H and O–H groups in total. The van der Waals surface area contributed by atoms with Crippen molar-refractivity contribution in [2.75, 3.05) is 30.9 Å². The molecule has 2 aliphatic heterocycles. The van der Waals surface area contributed by atoms with Gasteiger partial charge in [-0.05, 0) is 68.0 Å². The van der Waals surface area contributed by atoms with E-state index in [9.17, 15) is 18.0 Å². The number of amides is 2. The predicted octanol–water partition coefficient (Wildman–Crippen LogP) is 3.35. The average molecular weight is 456 g/mol. The zero-order valence-corrected chi connectivity index (χ0v) is 18.9. The van der Waals surface area contributed by atoms with E-state index >= 15 is 0 Å². The molecule has 2 fully saturated rings. The van der Waals surface area contributed by atoms with Gasteiger partial charge in [0.15, 0.2) is 0 Å². The Bertz CT molecular complexity index is 1040. The summed E-state index contributed by atoms with van der Waals surface area (Å²) in [6.45, 7) is 2.99. The van der Waals surface area contributed by atoms with Gasteiger partial charge in [0.25, 0.3) is 15.9 Å². The Balaban J connectivity index is 1.31. The fraction of sp³-hybridized carbons (Fsp3) is 0.417. The van der Waals surface area contributed by atoms with Crippen LogP contribution >= 0.6 is 0 Å². The lowest BCUT2D eigenvalue weighted by atomic mass is 9.92. The van der Waals surface area contributed by atoms with Gasteiger partial charge in [-0.15, -0.1) is 0 Å². The van der Waals surface area contributed by atoms with E-state index in [0.717, 1.165) is 38.8 Å². The molecule has 2 aromatic rings. The lowest BCUT2D eigenvalue weighted by Gasteiger charge is -2.32. The van der Waals surface area contributed by atoms with Crippen molar-refractivity contribution in [3.63, 3.8) is 0 Å². The van der Waals surface area contributed by atoms with Crippen molar-refractivity contribution >= 4 is 27.5 Å². The minimum atomic E-state index is -3.72. The predicted molar refractivity (Wildman–Crippen MR) is 123 cm³/mol. The van der Waals surface area contributed by atoms with Gasteiger partial charge in [-0.25, -0.2) is 8.42 Å². The smallest absolute Gasteiger partial charge is 0.261 e. The highest BCUT2D eigenvalue weighted by atomic mass is 32.2. The van der Waals surface area contributed by atoms with Gasteiger partial charge in [0, 0.05) is 43.9 Å². The molecule has 2 amide bonds. The highest BCUT2D eigenvalue weighted by Gasteiger charge is 2.27. The van der Waals surface area contributed by atoms with E-state index in [1.54, 1.807) is 41.3 Å². The van der Waals surface area contributed by atoms with E-state index < -0.39 is 10.0 Å². The topological polar surface area (TPSA) is 86.8 Å². The van der Waals surface area contributed by atoms with E-state index in [0.29, 0.717) is 36.7 Å². The minimum absolute atomic E-state index is 0.103. The maximum absolute atomic E-state index is 12.9. The Hall–Kier alpha value is -2.87. The second-order valence-electron chi connectivity index (χ2n) is 8.52. The van der Waals surface area contributed by atoms with Crippen LogP contribution in [0.1, 0.15) is 42.5 Å². The first-order valence-corrected chi connectivity index (χ1v) is 12.7. The number of carbonyl (C=O) groups excluding carboxylic acids is 2. The Morgan fingerprint density at radius 3 is 2.09 bits per heavy atom. The van der Waals surface area contributed by atoms with Crippen molar-refractivity contribution < 1.29 is 18.0 Å². The van der Waals surface area contributed by atoms with Gasteiger partial charge >= 0.3 is 0 Å². The van der Waals surface area contributed by atoms with Crippen LogP contribution in [0.2, 0.25) is 0 Å². The maximum atomic E-state index is 12.9. The van der Waals surface area contributed by atoms with Crippen molar-refractivity contribution in [3.8, 4) is 0 Å². The molecule has 170 valence electrons. The molecular weight excluding hydrogens is 426 g/mol. The van der Waals surface area contributed by atoms with Gasteiger partial charge in [-0.2, -0.15) is 0 Å². The van der Waals surface area contributed by atoms with Crippen molar-refractivity contribution in [2.45, 2.75) is 37.0 Å². The lowest BCUT2D eigenvalue weighted by Crippen LogP contribution is -2.40. The molecule has 0 bridgehead atoms. The highest BCUT2D eigenvalue weighted by molar-refractivity contribution is 7.92. The molecule has 8 heteroatoms. The molecule has 2 aromatic carbocycles. The van der Waals surface area contributed by atoms with Crippen molar-refractivity contribution in [3.05, 3.63) is 60.2 Å². The molecule has 0 unspecified atom stereocenters. The average Bonchev–Trinajstić information content (AvgIpc) is 3.35. The first-order chi connectivity index (χ1) is 15.4. The molecule has 4 rings (SSSR count). The Morgan fingerprint density at radius 1 is 0.844 bits per heavy atom. The molecule has 0 aromatic heterocycles. The summed E-state index contributed by atoms with van der Waals surface area (Å²) >= 11 is 0. The summed E-state index contributed by atoms with van der Waals surface area (Å²) in [5.41, 5.74) is 0.953. The van der Waals surface area contributed by atoms with E-state index in [2.05, 4.69) is 4.72 Å². The second-order valence-corrected chi connectivity index (χ2v) is 10.2. The van der Waals surface area contributed by atoms with Gasteiger partial charge in [-0.3, -0.25) is 14.3 Å². The van der Waals surface area contributed by atoms with Gasteiger partial charge in [0.2, 0.25) is 5.91 Å². The van der Waals surface area contributed by atoms with Crippen LogP contribution in [0, 0.1) is 5.92 Å². The summed E-state index contributed by atoms with van der Waals surface area (Å²) in [6.07, 6.45) is 4.41. The fourth-order valence-corrected chi connectivity index (χ4v) is 5.42.